The van der Waals surface area contributed by atoms with Gasteiger partial charge in [-0.1, -0.05) is 29.8 Å². The molecule has 2 aromatic carbocycles. The summed E-state index contributed by atoms with van der Waals surface area (Å²) in [7, 11) is 1.59. The first-order valence-corrected chi connectivity index (χ1v) is 10.7. The lowest BCUT2D eigenvalue weighted by molar-refractivity contribution is 0.110. The number of aromatic nitrogens is 6. The molecule has 0 saturated heterocycles. The molecule has 4 rings (SSSR count). The third-order valence-electron chi connectivity index (χ3n) is 5.19. The summed E-state index contributed by atoms with van der Waals surface area (Å²) in [6.45, 7) is 5.92. The van der Waals surface area contributed by atoms with E-state index in [2.05, 4.69) is 30.8 Å². The van der Waals surface area contributed by atoms with Crippen molar-refractivity contribution in [3.63, 3.8) is 0 Å². The number of tetrazole rings is 1. The van der Waals surface area contributed by atoms with E-state index < -0.39 is 6.09 Å². The van der Waals surface area contributed by atoms with Crippen LogP contribution >= 0.6 is 0 Å². The smallest absolute Gasteiger partial charge is 0.410 e. The van der Waals surface area contributed by atoms with Crippen molar-refractivity contribution in [2.24, 2.45) is 0 Å². The minimum Gasteiger partial charge on any atom is -0.410 e. The van der Waals surface area contributed by atoms with E-state index in [0.29, 0.717) is 23.0 Å². The van der Waals surface area contributed by atoms with E-state index in [1.807, 2.05) is 51.1 Å². The molecule has 10 nitrogen and oxygen atoms in total. The third-order valence-corrected chi connectivity index (χ3v) is 5.19. The van der Waals surface area contributed by atoms with Crippen molar-refractivity contribution in [2.45, 2.75) is 33.4 Å². The van der Waals surface area contributed by atoms with Gasteiger partial charge < -0.3 is 14.8 Å². The molecule has 0 saturated carbocycles. The van der Waals surface area contributed by atoms with Crippen LogP contribution in [0.3, 0.4) is 0 Å². The molecule has 1 atom stereocenters. The van der Waals surface area contributed by atoms with Crippen molar-refractivity contribution in [1.82, 2.24) is 35.5 Å². The molecule has 1 N–H and O–H groups in total. The number of nitrogens with zero attached hydrogens (tertiary/aromatic N) is 6. The van der Waals surface area contributed by atoms with Crippen molar-refractivity contribution in [3.05, 3.63) is 77.6 Å². The van der Waals surface area contributed by atoms with Crippen molar-refractivity contribution in [3.8, 4) is 22.6 Å². The van der Waals surface area contributed by atoms with Gasteiger partial charge >= 0.3 is 6.09 Å². The van der Waals surface area contributed by atoms with Gasteiger partial charge in [0.25, 0.3) is 0 Å². The molecule has 1 unspecified atom stereocenters. The second-order valence-electron chi connectivity index (χ2n) is 7.80. The van der Waals surface area contributed by atoms with Crippen molar-refractivity contribution >= 4 is 6.09 Å². The number of aryl methyl sites for hydroxylation is 2. The second-order valence-corrected chi connectivity index (χ2v) is 7.80. The minimum absolute atomic E-state index is 0.194. The number of methoxy groups -OCH3 is 1. The van der Waals surface area contributed by atoms with E-state index in [9.17, 15) is 4.79 Å². The maximum Gasteiger partial charge on any atom is 0.412 e. The normalized spacial score (nSPS) is 11.8. The fourth-order valence-corrected chi connectivity index (χ4v) is 3.23. The quantitative estimate of drug-likeness (QED) is 0.444. The Labute approximate surface area is 197 Å². The van der Waals surface area contributed by atoms with Crippen LogP contribution in [-0.2, 0) is 11.3 Å². The Morgan fingerprint density at radius 3 is 2.56 bits per heavy atom. The van der Waals surface area contributed by atoms with Crippen molar-refractivity contribution in [2.75, 3.05) is 7.11 Å². The van der Waals surface area contributed by atoms with Gasteiger partial charge in [-0.15, -0.1) is 5.10 Å². The summed E-state index contributed by atoms with van der Waals surface area (Å²) in [6, 6.07) is 13.5. The average Bonchev–Trinajstić information content (AvgIpc) is 3.33. The number of rotatable bonds is 7. The summed E-state index contributed by atoms with van der Waals surface area (Å²) < 4.78 is 12.6. The Balaban J connectivity index is 1.63. The Morgan fingerprint density at radius 1 is 1.06 bits per heavy atom. The van der Waals surface area contributed by atoms with Crippen LogP contribution in [0, 0.1) is 13.8 Å². The molecule has 0 bridgehead atoms. The maximum atomic E-state index is 12.5. The van der Waals surface area contributed by atoms with Crippen molar-refractivity contribution in [1.29, 1.82) is 0 Å². The van der Waals surface area contributed by atoms with Gasteiger partial charge in [0.1, 0.15) is 11.9 Å². The van der Waals surface area contributed by atoms with Crippen LogP contribution in [-0.4, -0.2) is 43.4 Å². The molecule has 34 heavy (non-hydrogen) atoms. The molecule has 4 aromatic rings. The molecule has 0 aliphatic carbocycles. The molecule has 1 amide bonds. The minimum atomic E-state index is -0.614. The number of amides is 1. The summed E-state index contributed by atoms with van der Waals surface area (Å²) >= 11 is 0. The van der Waals surface area contributed by atoms with Crippen LogP contribution in [0.25, 0.3) is 16.8 Å². The Hall–Kier alpha value is -4.18. The molecule has 2 heterocycles. The summed E-state index contributed by atoms with van der Waals surface area (Å²) in [6.07, 6.45) is 2.31. The zero-order valence-corrected chi connectivity index (χ0v) is 19.4. The van der Waals surface area contributed by atoms with Gasteiger partial charge in [-0.05, 0) is 54.5 Å². The fraction of sp³-hybridized carbons (Fsp3) is 0.250. The van der Waals surface area contributed by atoms with Gasteiger partial charge in [0, 0.05) is 19.4 Å². The molecule has 0 aliphatic rings. The van der Waals surface area contributed by atoms with Gasteiger partial charge in [0.2, 0.25) is 0 Å². The maximum absolute atomic E-state index is 12.5. The van der Waals surface area contributed by atoms with Gasteiger partial charge in [0.05, 0.1) is 29.8 Å². The molecule has 174 valence electrons. The van der Waals surface area contributed by atoms with E-state index in [-0.39, 0.29) is 12.6 Å². The Bertz CT molecular complexity index is 1270. The van der Waals surface area contributed by atoms with Crippen LogP contribution < -0.4 is 10.1 Å². The predicted octanol–water partition coefficient (Wildman–Crippen LogP) is 3.73. The summed E-state index contributed by atoms with van der Waals surface area (Å²) in [5.74, 6) is 0.865. The monoisotopic (exact) mass is 459 g/mol. The van der Waals surface area contributed by atoms with Crippen LogP contribution in [0.5, 0.6) is 5.75 Å². The average molecular weight is 460 g/mol. The van der Waals surface area contributed by atoms with E-state index >= 15 is 0 Å². The SMILES string of the molecule is COC(C)c1nnnn1-c1cc(OC(=O)NCc2cnc(C)cn2)cc(-c2ccc(C)cc2)c1. The Morgan fingerprint density at radius 2 is 1.85 bits per heavy atom. The van der Waals surface area contributed by atoms with Crippen LogP contribution in [0.1, 0.15) is 35.8 Å². The number of hydrogen-bond donors (Lipinski definition) is 1. The Kier molecular flexibility index (Phi) is 6.88. The van der Waals surface area contributed by atoms with E-state index in [0.717, 1.165) is 22.4 Å². The molecular weight excluding hydrogens is 434 g/mol. The fourth-order valence-electron chi connectivity index (χ4n) is 3.23. The topological polar surface area (TPSA) is 117 Å². The number of nitrogens with one attached hydrogen (secondary N) is 1. The van der Waals surface area contributed by atoms with Gasteiger partial charge in [-0.2, -0.15) is 4.68 Å². The lowest BCUT2D eigenvalue weighted by Gasteiger charge is -2.14. The lowest BCUT2D eigenvalue weighted by atomic mass is 10.0. The van der Waals surface area contributed by atoms with E-state index in [4.69, 9.17) is 9.47 Å². The zero-order chi connectivity index (χ0) is 24.1. The number of hydrogen-bond acceptors (Lipinski definition) is 8. The lowest BCUT2D eigenvalue weighted by Crippen LogP contribution is -2.26. The molecule has 0 fully saturated rings. The molecule has 0 spiro atoms. The van der Waals surface area contributed by atoms with E-state index in [1.54, 1.807) is 36.3 Å². The summed E-state index contributed by atoms with van der Waals surface area (Å²) in [5.41, 5.74) is 5.01. The van der Waals surface area contributed by atoms with Gasteiger partial charge in [-0.3, -0.25) is 9.97 Å². The summed E-state index contributed by atoms with van der Waals surface area (Å²) in [5, 5.41) is 14.7. The van der Waals surface area contributed by atoms with Gasteiger partial charge in [0.15, 0.2) is 5.82 Å². The predicted molar refractivity (Wildman–Crippen MR) is 124 cm³/mol. The number of carbonyl (C=O) groups is 1. The number of ether oxygens (including phenoxy) is 2. The first kappa shape index (κ1) is 23.0. The molecule has 0 radical (unpaired) electrons. The number of carbonyl (C=O) groups excluding carboxylic acids is 1. The first-order valence-electron chi connectivity index (χ1n) is 10.7. The highest BCUT2D eigenvalue weighted by molar-refractivity contribution is 5.73. The third kappa shape index (κ3) is 5.41. The second kappa shape index (κ2) is 10.2. The largest absolute Gasteiger partial charge is 0.412 e. The molecule has 10 heteroatoms. The van der Waals surface area contributed by atoms with Crippen molar-refractivity contribution < 1.29 is 14.3 Å². The first-order chi connectivity index (χ1) is 16.4. The standard InChI is InChI=1S/C24H25N7O3/c1-15-5-7-18(8-6-15)19-9-21(31-23(17(3)33-4)28-29-30-31)11-22(10-19)34-24(32)27-14-20-13-25-16(2)12-26-20/h5-13,17H,14H2,1-4H3,(H,27,32). The molecule has 2 aromatic heterocycles. The highest BCUT2D eigenvalue weighted by atomic mass is 16.6. The molecular formula is C24H25N7O3. The van der Waals surface area contributed by atoms with Crippen LogP contribution in [0.15, 0.2) is 54.9 Å². The zero-order valence-electron chi connectivity index (χ0n) is 19.4. The summed E-state index contributed by atoms with van der Waals surface area (Å²) in [4.78, 5) is 20.9. The van der Waals surface area contributed by atoms with Gasteiger partial charge in [-0.25, -0.2) is 4.79 Å². The van der Waals surface area contributed by atoms with Crippen LogP contribution in [0.4, 0.5) is 4.79 Å². The highest BCUT2D eigenvalue weighted by Crippen LogP contribution is 2.29. The number of benzene rings is 2. The van der Waals surface area contributed by atoms with Crippen LogP contribution in [0.2, 0.25) is 0 Å². The molecule has 0 aliphatic heterocycles. The highest BCUT2D eigenvalue weighted by Gasteiger charge is 2.17. The van der Waals surface area contributed by atoms with E-state index in [1.165, 1.54) is 0 Å².